The molecule has 22 heavy (non-hydrogen) atoms. The molecule has 1 aliphatic heterocycles. The lowest BCUT2D eigenvalue weighted by Crippen LogP contribution is -2.55. The van der Waals surface area contributed by atoms with Gasteiger partial charge in [0.05, 0.1) is 6.04 Å². The molecule has 1 saturated carbocycles. The predicted octanol–water partition coefficient (Wildman–Crippen LogP) is 3.22. The van der Waals surface area contributed by atoms with Crippen LogP contribution in [0.1, 0.15) is 72.1 Å². The largest absolute Gasteiger partial charge is 0.443 e. The van der Waals surface area contributed by atoms with E-state index in [1.165, 1.54) is 30.6 Å². The van der Waals surface area contributed by atoms with Crippen LogP contribution in [-0.4, -0.2) is 41.1 Å². The predicted molar refractivity (Wildman–Crippen MR) is 85.6 cm³/mol. The van der Waals surface area contributed by atoms with E-state index in [9.17, 15) is 9.59 Å². The van der Waals surface area contributed by atoms with Crippen LogP contribution in [0.4, 0.5) is 4.79 Å². The third kappa shape index (κ3) is 4.97. The molecule has 1 aliphatic carbocycles. The first-order valence-corrected chi connectivity index (χ1v) is 8.67. The summed E-state index contributed by atoms with van der Waals surface area (Å²) in [4.78, 5) is 26.0. The molecule has 126 valence electrons. The fourth-order valence-corrected chi connectivity index (χ4v) is 3.26. The molecule has 0 spiro atoms. The van der Waals surface area contributed by atoms with Crippen molar-refractivity contribution in [2.24, 2.45) is 0 Å². The third-order valence-corrected chi connectivity index (χ3v) is 4.34. The maximum Gasteiger partial charge on any atom is 0.417 e. The number of hydrogen-bond acceptors (Lipinski definition) is 4. The van der Waals surface area contributed by atoms with Gasteiger partial charge in [-0.05, 0) is 46.5 Å². The highest BCUT2D eigenvalue weighted by Crippen LogP contribution is 2.21. The Bertz CT molecular complexity index is 395. The monoisotopic (exact) mass is 310 g/mol. The number of imide groups is 1. The van der Waals surface area contributed by atoms with Crippen LogP contribution in [0, 0.1) is 0 Å². The van der Waals surface area contributed by atoms with Gasteiger partial charge in [-0.15, -0.1) is 0 Å². The normalized spacial score (nSPS) is 25.0. The number of nitrogens with zero attached hydrogens (tertiary/aromatic N) is 1. The van der Waals surface area contributed by atoms with Crippen LogP contribution in [-0.2, 0) is 9.53 Å². The van der Waals surface area contributed by atoms with Gasteiger partial charge in [0.25, 0.3) is 0 Å². The summed E-state index contributed by atoms with van der Waals surface area (Å²) in [6.45, 7) is 5.93. The lowest BCUT2D eigenvalue weighted by Gasteiger charge is -2.34. The molecule has 0 bridgehead atoms. The van der Waals surface area contributed by atoms with Gasteiger partial charge in [0.1, 0.15) is 5.60 Å². The van der Waals surface area contributed by atoms with Crippen LogP contribution in [0.25, 0.3) is 0 Å². The number of nitrogens with one attached hydrogen (secondary N) is 1. The second kappa shape index (κ2) is 7.44. The van der Waals surface area contributed by atoms with Crippen molar-refractivity contribution < 1.29 is 14.3 Å². The van der Waals surface area contributed by atoms with Gasteiger partial charge in [-0.3, -0.25) is 4.79 Å². The van der Waals surface area contributed by atoms with Crippen molar-refractivity contribution in [3.05, 3.63) is 0 Å². The van der Waals surface area contributed by atoms with Gasteiger partial charge in [0.2, 0.25) is 5.91 Å². The van der Waals surface area contributed by atoms with Crippen LogP contribution in [0.3, 0.4) is 0 Å². The zero-order valence-electron chi connectivity index (χ0n) is 14.2. The molecule has 5 nitrogen and oxygen atoms in total. The Balaban J connectivity index is 1.93. The molecule has 1 atom stereocenters. The van der Waals surface area contributed by atoms with Crippen molar-refractivity contribution >= 4 is 12.0 Å². The van der Waals surface area contributed by atoms with Crippen LogP contribution < -0.4 is 5.32 Å². The Labute approximate surface area is 133 Å². The maximum atomic E-state index is 12.6. The minimum Gasteiger partial charge on any atom is -0.443 e. The number of rotatable bonds is 2. The van der Waals surface area contributed by atoms with Gasteiger partial charge < -0.3 is 10.1 Å². The Morgan fingerprint density at radius 3 is 2.32 bits per heavy atom. The fourth-order valence-electron chi connectivity index (χ4n) is 3.26. The van der Waals surface area contributed by atoms with Crippen molar-refractivity contribution in [1.29, 1.82) is 0 Å². The summed E-state index contributed by atoms with van der Waals surface area (Å²) in [6, 6.07) is 0.180. The van der Waals surface area contributed by atoms with E-state index < -0.39 is 11.7 Å². The quantitative estimate of drug-likeness (QED) is 0.796. The van der Waals surface area contributed by atoms with E-state index in [0.717, 1.165) is 25.7 Å². The van der Waals surface area contributed by atoms with E-state index in [-0.39, 0.29) is 11.9 Å². The van der Waals surface area contributed by atoms with Crippen molar-refractivity contribution in [1.82, 2.24) is 10.2 Å². The summed E-state index contributed by atoms with van der Waals surface area (Å²) < 4.78 is 5.34. The fraction of sp³-hybridized carbons (Fsp3) is 0.882. The average Bonchev–Trinajstić information content (AvgIpc) is 2.67. The number of carbonyl (C=O) groups is 2. The number of likely N-dealkylation sites (tertiary alicyclic amines) is 1. The molecular formula is C17H30N2O3. The van der Waals surface area contributed by atoms with Crippen molar-refractivity contribution in [3.63, 3.8) is 0 Å². The Hall–Kier alpha value is -1.10. The molecule has 2 fully saturated rings. The highest BCUT2D eigenvalue weighted by Gasteiger charge is 2.36. The lowest BCUT2D eigenvalue weighted by molar-refractivity contribution is -0.135. The molecule has 0 radical (unpaired) electrons. The molecule has 2 aliphatic rings. The first-order valence-electron chi connectivity index (χ1n) is 8.67. The smallest absolute Gasteiger partial charge is 0.417 e. The molecule has 0 aromatic carbocycles. The van der Waals surface area contributed by atoms with E-state index in [1.54, 1.807) is 0 Å². The van der Waals surface area contributed by atoms with E-state index in [2.05, 4.69) is 5.32 Å². The van der Waals surface area contributed by atoms with Crippen LogP contribution >= 0.6 is 0 Å². The Morgan fingerprint density at radius 1 is 1.09 bits per heavy atom. The van der Waals surface area contributed by atoms with Crippen molar-refractivity contribution in [3.8, 4) is 0 Å². The first-order chi connectivity index (χ1) is 10.4. The molecule has 1 N–H and O–H groups in total. The number of amides is 2. The first kappa shape index (κ1) is 17.3. The van der Waals surface area contributed by atoms with Crippen LogP contribution in [0.2, 0.25) is 0 Å². The molecule has 1 saturated heterocycles. The standard InChI is InChI=1S/C17H30N2O3/c1-17(2,3)22-16(21)19-12-8-11-14(15(19)20)18-13-9-6-4-5-7-10-13/h13-14,18H,4-12H2,1-3H3. The van der Waals surface area contributed by atoms with Gasteiger partial charge in [-0.2, -0.15) is 0 Å². The summed E-state index contributed by atoms with van der Waals surface area (Å²) >= 11 is 0. The molecule has 5 heteroatoms. The minimum atomic E-state index is -0.570. The Morgan fingerprint density at radius 2 is 1.73 bits per heavy atom. The summed E-state index contributed by atoms with van der Waals surface area (Å²) in [5.74, 6) is -0.121. The number of hydrogen-bond donors (Lipinski definition) is 1. The van der Waals surface area contributed by atoms with E-state index in [1.807, 2.05) is 20.8 Å². The van der Waals surface area contributed by atoms with E-state index in [0.29, 0.717) is 12.6 Å². The summed E-state index contributed by atoms with van der Waals surface area (Å²) in [5, 5.41) is 3.50. The highest BCUT2D eigenvalue weighted by atomic mass is 16.6. The van der Waals surface area contributed by atoms with Gasteiger partial charge in [0.15, 0.2) is 0 Å². The summed E-state index contributed by atoms with van der Waals surface area (Å²) in [5.41, 5.74) is -0.570. The molecule has 0 aromatic rings. The summed E-state index contributed by atoms with van der Waals surface area (Å²) in [7, 11) is 0. The third-order valence-electron chi connectivity index (χ3n) is 4.34. The van der Waals surface area contributed by atoms with Crippen LogP contribution in [0.5, 0.6) is 0 Å². The topological polar surface area (TPSA) is 58.6 Å². The second-order valence-electron chi connectivity index (χ2n) is 7.52. The second-order valence-corrected chi connectivity index (χ2v) is 7.52. The number of piperidine rings is 1. The number of carbonyl (C=O) groups excluding carboxylic acids is 2. The maximum absolute atomic E-state index is 12.6. The Kier molecular flexibility index (Phi) is 5.84. The van der Waals surface area contributed by atoms with Gasteiger partial charge >= 0.3 is 6.09 Å². The minimum absolute atomic E-state index is 0.121. The van der Waals surface area contributed by atoms with Gasteiger partial charge in [-0.25, -0.2) is 9.69 Å². The SMILES string of the molecule is CC(C)(C)OC(=O)N1CCCC(NC2CCCCCC2)C1=O. The van der Waals surface area contributed by atoms with Crippen LogP contribution in [0.15, 0.2) is 0 Å². The van der Waals surface area contributed by atoms with E-state index >= 15 is 0 Å². The zero-order chi connectivity index (χ0) is 16.2. The molecule has 0 aromatic heterocycles. The molecule has 1 heterocycles. The van der Waals surface area contributed by atoms with Gasteiger partial charge in [-0.1, -0.05) is 25.7 Å². The average molecular weight is 310 g/mol. The highest BCUT2D eigenvalue weighted by molar-refractivity contribution is 5.95. The molecular weight excluding hydrogens is 280 g/mol. The lowest BCUT2D eigenvalue weighted by atomic mass is 10.0. The molecule has 2 rings (SSSR count). The van der Waals surface area contributed by atoms with Crippen molar-refractivity contribution in [2.45, 2.75) is 89.8 Å². The molecule has 1 unspecified atom stereocenters. The molecule has 2 amide bonds. The number of ether oxygens (including phenoxy) is 1. The van der Waals surface area contributed by atoms with E-state index in [4.69, 9.17) is 4.74 Å². The van der Waals surface area contributed by atoms with Crippen molar-refractivity contribution in [2.75, 3.05) is 6.54 Å². The van der Waals surface area contributed by atoms with Gasteiger partial charge in [0, 0.05) is 12.6 Å². The summed E-state index contributed by atoms with van der Waals surface area (Å²) in [6.07, 6.45) is 8.46. The zero-order valence-corrected chi connectivity index (χ0v) is 14.2.